The Morgan fingerprint density at radius 1 is 0.950 bits per heavy atom. The van der Waals surface area contributed by atoms with Crippen LogP contribution in [0, 0.1) is 0 Å². The fourth-order valence-electron chi connectivity index (χ4n) is 1.56. The number of hydrogen-bond acceptors (Lipinski definition) is 7. The number of nitrogens with two attached hydrogens (primary N) is 2. The van der Waals surface area contributed by atoms with Crippen LogP contribution in [0.5, 0.6) is 0 Å². The Kier molecular flexibility index (Phi) is 16.3. The fourth-order valence-corrected chi connectivity index (χ4v) is 1.56. The summed E-state index contributed by atoms with van der Waals surface area (Å²) in [6.45, 7) is 0. The van der Waals surface area contributed by atoms with Crippen molar-refractivity contribution in [3.8, 4) is 0 Å². The van der Waals surface area contributed by atoms with Crippen LogP contribution in [0.3, 0.4) is 0 Å². The Morgan fingerprint density at radius 2 is 1.25 bits per heavy atom. The predicted octanol–water partition coefficient (Wildman–Crippen LogP) is -0.248. The van der Waals surface area contributed by atoms with Crippen LogP contribution in [-0.2, 0) is 19.1 Å². The minimum Gasteiger partial charge on any atom is -0.469 e. The van der Waals surface area contributed by atoms with Gasteiger partial charge in [0.05, 0.1) is 33.2 Å². The number of esters is 2. The summed E-state index contributed by atoms with van der Waals surface area (Å²) in [6.07, 6.45) is -0.225. The molecule has 0 heterocycles. The molecule has 0 rings (SSSR count). The second-order valence-corrected chi connectivity index (χ2v) is 4.21. The van der Waals surface area contributed by atoms with E-state index >= 15 is 0 Å². The number of methoxy groups -OCH3 is 2. The summed E-state index contributed by atoms with van der Waals surface area (Å²) < 4.78 is 8.93. The lowest BCUT2D eigenvalue weighted by molar-refractivity contribution is -0.141. The van der Waals surface area contributed by atoms with Gasteiger partial charge in [0.1, 0.15) is 0 Å². The van der Waals surface area contributed by atoms with Crippen molar-refractivity contribution in [2.75, 3.05) is 14.2 Å². The van der Waals surface area contributed by atoms with Crippen molar-refractivity contribution in [2.24, 2.45) is 11.5 Å². The van der Waals surface area contributed by atoms with E-state index in [4.69, 9.17) is 11.5 Å². The molecule has 122 valence electrons. The summed E-state index contributed by atoms with van der Waals surface area (Å²) in [6, 6.07) is -0.976. The number of carbonyl (C=O) groups is 2. The Balaban J connectivity index is -0.00000144. The molecular weight excluding hydrogens is 311 g/mol. The van der Waals surface area contributed by atoms with Gasteiger partial charge >= 0.3 is 11.9 Å². The van der Waals surface area contributed by atoms with Crippen molar-refractivity contribution in [3.63, 3.8) is 0 Å². The van der Waals surface area contributed by atoms with Gasteiger partial charge in [-0.25, -0.2) is 0 Å². The molecular formula is C11H24Cl2N2O5. The average Bonchev–Trinajstić information content (AvgIpc) is 2.27. The van der Waals surface area contributed by atoms with Gasteiger partial charge in [0.15, 0.2) is 0 Å². The number of ether oxygens (including phenoxy) is 2. The van der Waals surface area contributed by atoms with Gasteiger partial charge in [-0.3, -0.25) is 9.59 Å². The van der Waals surface area contributed by atoms with E-state index in [2.05, 4.69) is 9.47 Å². The average molecular weight is 335 g/mol. The molecule has 0 aromatic heterocycles. The highest BCUT2D eigenvalue weighted by Gasteiger charge is 2.18. The van der Waals surface area contributed by atoms with Crippen molar-refractivity contribution in [1.29, 1.82) is 0 Å². The molecule has 0 aliphatic heterocycles. The van der Waals surface area contributed by atoms with Gasteiger partial charge in [0, 0.05) is 12.1 Å². The first-order chi connectivity index (χ1) is 8.38. The van der Waals surface area contributed by atoms with Crippen LogP contribution in [0.15, 0.2) is 0 Å². The summed E-state index contributed by atoms with van der Waals surface area (Å²) in [5, 5.41) is 9.70. The largest absolute Gasteiger partial charge is 0.469 e. The maximum Gasteiger partial charge on any atom is 0.307 e. The molecule has 0 saturated heterocycles. The molecule has 0 radical (unpaired) electrons. The Labute approximate surface area is 131 Å². The van der Waals surface area contributed by atoms with Crippen molar-refractivity contribution in [2.45, 2.75) is 43.9 Å². The smallest absolute Gasteiger partial charge is 0.307 e. The first kappa shape index (κ1) is 24.4. The van der Waals surface area contributed by atoms with Crippen LogP contribution < -0.4 is 11.5 Å². The summed E-state index contributed by atoms with van der Waals surface area (Å²) in [5.74, 6) is -0.845. The van der Waals surface area contributed by atoms with Crippen molar-refractivity contribution in [1.82, 2.24) is 0 Å². The van der Waals surface area contributed by atoms with Crippen LogP contribution >= 0.6 is 24.8 Å². The number of aliphatic hydroxyl groups excluding tert-OH is 1. The lowest BCUT2D eigenvalue weighted by atomic mass is 10.00. The van der Waals surface area contributed by atoms with E-state index in [1.54, 1.807) is 0 Å². The molecule has 0 spiro atoms. The number of hydrogen-bond donors (Lipinski definition) is 3. The summed E-state index contributed by atoms with van der Waals surface area (Å²) in [7, 11) is 2.55. The number of aliphatic hydroxyl groups is 1. The number of carbonyl (C=O) groups excluding carboxylic acids is 2. The zero-order chi connectivity index (χ0) is 14.1. The molecule has 7 nitrogen and oxygen atoms in total. The predicted molar refractivity (Wildman–Crippen MR) is 79.0 cm³/mol. The zero-order valence-electron chi connectivity index (χ0n) is 11.6. The molecule has 0 aromatic carbocycles. The molecule has 0 aliphatic rings. The van der Waals surface area contributed by atoms with Gasteiger partial charge in [0.25, 0.3) is 0 Å². The van der Waals surface area contributed by atoms with Crippen LogP contribution in [0.25, 0.3) is 0 Å². The Hall–Kier alpha value is -0.600. The fraction of sp³-hybridized carbons (Fsp3) is 0.818. The van der Waals surface area contributed by atoms with Gasteiger partial charge in [0.2, 0.25) is 0 Å². The van der Waals surface area contributed by atoms with Gasteiger partial charge in [-0.1, -0.05) is 0 Å². The van der Waals surface area contributed by atoms with E-state index in [-0.39, 0.29) is 50.5 Å². The topological polar surface area (TPSA) is 125 Å². The van der Waals surface area contributed by atoms with E-state index < -0.39 is 30.1 Å². The molecule has 0 fully saturated rings. The van der Waals surface area contributed by atoms with Crippen LogP contribution in [0.1, 0.15) is 25.7 Å². The van der Waals surface area contributed by atoms with Crippen LogP contribution in [-0.4, -0.2) is 49.5 Å². The SMILES string of the molecule is COC(=O)CC(N)CC(O)CC(N)CC(=O)OC.Cl.Cl. The van der Waals surface area contributed by atoms with E-state index in [9.17, 15) is 14.7 Å². The third kappa shape index (κ3) is 12.4. The van der Waals surface area contributed by atoms with Gasteiger partial charge in [-0.2, -0.15) is 0 Å². The lowest BCUT2D eigenvalue weighted by Gasteiger charge is -2.18. The third-order valence-corrected chi connectivity index (χ3v) is 2.46. The number of halogens is 2. The molecule has 5 N–H and O–H groups in total. The summed E-state index contributed by atoms with van der Waals surface area (Å²) in [5.41, 5.74) is 11.3. The van der Waals surface area contributed by atoms with Gasteiger partial charge in [-0.05, 0) is 12.8 Å². The minimum absolute atomic E-state index is 0. The van der Waals surface area contributed by atoms with Crippen molar-refractivity contribution >= 4 is 36.8 Å². The first-order valence-corrected chi connectivity index (χ1v) is 5.71. The normalized spacial score (nSPS) is 14.1. The standard InChI is InChI=1S/C11H22N2O5.2ClH/c1-17-10(15)5-7(12)3-9(14)4-8(13)6-11(16)18-2;;/h7-9,14H,3-6,12-13H2,1-2H3;2*1H. The van der Waals surface area contributed by atoms with Crippen LogP contribution in [0.2, 0.25) is 0 Å². The van der Waals surface area contributed by atoms with E-state index in [1.165, 1.54) is 14.2 Å². The maximum atomic E-state index is 10.9. The quantitative estimate of drug-likeness (QED) is 0.522. The van der Waals surface area contributed by atoms with Gasteiger partial charge in [-0.15, -0.1) is 24.8 Å². The highest BCUT2D eigenvalue weighted by molar-refractivity contribution is 5.85. The van der Waals surface area contributed by atoms with Crippen molar-refractivity contribution in [3.05, 3.63) is 0 Å². The van der Waals surface area contributed by atoms with E-state index in [0.717, 1.165) is 0 Å². The highest BCUT2D eigenvalue weighted by atomic mass is 35.5. The van der Waals surface area contributed by atoms with Crippen molar-refractivity contribution < 1.29 is 24.2 Å². The van der Waals surface area contributed by atoms with E-state index in [0.29, 0.717) is 0 Å². The van der Waals surface area contributed by atoms with Crippen LogP contribution in [0.4, 0.5) is 0 Å². The molecule has 2 unspecified atom stereocenters. The number of rotatable bonds is 8. The molecule has 0 aromatic rings. The summed E-state index contributed by atoms with van der Waals surface area (Å²) in [4.78, 5) is 21.9. The molecule has 0 aliphatic carbocycles. The van der Waals surface area contributed by atoms with Gasteiger partial charge < -0.3 is 26.0 Å². The molecule has 9 heteroatoms. The first-order valence-electron chi connectivity index (χ1n) is 5.71. The lowest BCUT2D eigenvalue weighted by Crippen LogP contribution is -2.34. The minimum atomic E-state index is -0.760. The Morgan fingerprint density at radius 3 is 1.50 bits per heavy atom. The second-order valence-electron chi connectivity index (χ2n) is 4.21. The third-order valence-electron chi connectivity index (χ3n) is 2.46. The highest BCUT2D eigenvalue weighted by Crippen LogP contribution is 2.08. The molecule has 0 saturated carbocycles. The monoisotopic (exact) mass is 334 g/mol. The molecule has 0 amide bonds. The molecule has 0 bridgehead atoms. The second kappa shape index (κ2) is 13.4. The molecule has 2 atom stereocenters. The Bertz CT molecular complexity index is 256. The maximum absolute atomic E-state index is 10.9. The molecule has 20 heavy (non-hydrogen) atoms. The van der Waals surface area contributed by atoms with E-state index in [1.807, 2.05) is 0 Å². The summed E-state index contributed by atoms with van der Waals surface area (Å²) >= 11 is 0. The zero-order valence-corrected chi connectivity index (χ0v) is 13.2.